The maximum Gasteiger partial charge on any atom is 0.315 e. The van der Waals surface area contributed by atoms with Crippen LogP contribution < -0.4 is 0 Å². The lowest BCUT2D eigenvalue weighted by Crippen LogP contribution is -2.39. The molecule has 1 heterocycles. The molecule has 5 rings (SSSR count). The first-order chi connectivity index (χ1) is 15.6. The fourth-order valence-corrected chi connectivity index (χ4v) is 5.59. The van der Waals surface area contributed by atoms with Crippen LogP contribution in [0.1, 0.15) is 68.4 Å². The lowest BCUT2D eigenvalue weighted by atomic mass is 9.69. The van der Waals surface area contributed by atoms with E-state index in [0.717, 1.165) is 49.1 Å². The van der Waals surface area contributed by atoms with Crippen molar-refractivity contribution in [2.45, 2.75) is 63.4 Å². The quantitative estimate of drug-likeness (QED) is 0.584. The molecular formula is C28H29NO3. The summed E-state index contributed by atoms with van der Waals surface area (Å²) in [5.74, 6) is -0.895. The van der Waals surface area contributed by atoms with Gasteiger partial charge >= 0.3 is 5.97 Å². The summed E-state index contributed by atoms with van der Waals surface area (Å²) < 4.78 is 5.92. The smallest absolute Gasteiger partial charge is 0.315 e. The van der Waals surface area contributed by atoms with Gasteiger partial charge in [0.15, 0.2) is 5.78 Å². The zero-order valence-corrected chi connectivity index (χ0v) is 18.5. The summed E-state index contributed by atoms with van der Waals surface area (Å²) in [4.78, 5) is 31.8. The topological polar surface area (TPSA) is 55.7 Å². The van der Waals surface area contributed by atoms with Gasteiger partial charge in [0.05, 0.1) is 0 Å². The van der Waals surface area contributed by atoms with Crippen molar-refractivity contribution in [3.05, 3.63) is 83.1 Å². The van der Waals surface area contributed by atoms with E-state index in [4.69, 9.17) is 9.73 Å². The molecule has 3 aliphatic rings. The maximum atomic E-state index is 13.5. The molecule has 2 aromatic rings. The zero-order valence-electron chi connectivity index (χ0n) is 18.5. The largest absolute Gasteiger partial charge is 0.462 e. The number of carbonyl (C=O) groups is 2. The number of hydrogen-bond donors (Lipinski definition) is 0. The third-order valence-electron chi connectivity index (χ3n) is 7.16. The van der Waals surface area contributed by atoms with Crippen LogP contribution in [0.2, 0.25) is 0 Å². The Morgan fingerprint density at radius 1 is 0.906 bits per heavy atom. The maximum absolute atomic E-state index is 13.5. The fraction of sp³-hybridized carbons (Fsp3) is 0.393. The first-order valence-electron chi connectivity index (χ1n) is 11.7. The van der Waals surface area contributed by atoms with Crippen molar-refractivity contribution in [2.24, 2.45) is 10.9 Å². The number of carbonyl (C=O) groups excluding carboxylic acids is 2. The van der Waals surface area contributed by atoms with E-state index >= 15 is 0 Å². The highest BCUT2D eigenvalue weighted by atomic mass is 16.5. The van der Waals surface area contributed by atoms with E-state index in [-0.39, 0.29) is 29.7 Å². The van der Waals surface area contributed by atoms with Gasteiger partial charge in [-0.2, -0.15) is 0 Å². The second kappa shape index (κ2) is 8.85. The molecule has 3 atom stereocenters. The highest BCUT2D eigenvalue weighted by Crippen LogP contribution is 2.47. The molecule has 0 radical (unpaired) electrons. The van der Waals surface area contributed by atoms with Crippen LogP contribution >= 0.6 is 0 Å². The molecule has 32 heavy (non-hydrogen) atoms. The van der Waals surface area contributed by atoms with Crippen molar-refractivity contribution in [3.8, 4) is 0 Å². The molecule has 2 aliphatic carbocycles. The molecule has 0 aromatic heterocycles. The number of ketones is 1. The summed E-state index contributed by atoms with van der Waals surface area (Å²) in [7, 11) is 0. The highest BCUT2D eigenvalue weighted by Gasteiger charge is 2.45. The van der Waals surface area contributed by atoms with Gasteiger partial charge in [-0.1, -0.05) is 60.7 Å². The standard InChI is InChI=1S/C28H29NO3/c1-18-25(28(31)32-22-14-8-9-15-22)26(20-12-6-3-7-13-20)27-23(29-18)16-21(17-24(27)30)19-10-4-2-5-11-19/h2-7,10-13,21-22,25-26H,8-9,14-17H2,1H3/t21-,25?,26+/m0/s1. The Labute approximate surface area is 189 Å². The molecule has 1 unspecified atom stereocenters. The third-order valence-corrected chi connectivity index (χ3v) is 7.16. The van der Waals surface area contributed by atoms with Gasteiger partial charge < -0.3 is 4.74 Å². The summed E-state index contributed by atoms with van der Waals surface area (Å²) in [6, 6.07) is 20.1. The van der Waals surface area contributed by atoms with Gasteiger partial charge in [0.1, 0.15) is 12.0 Å². The molecule has 1 saturated carbocycles. The third kappa shape index (κ3) is 3.94. The summed E-state index contributed by atoms with van der Waals surface area (Å²) >= 11 is 0. The summed E-state index contributed by atoms with van der Waals surface area (Å²) in [5, 5.41) is 0. The number of esters is 1. The monoisotopic (exact) mass is 427 g/mol. The van der Waals surface area contributed by atoms with E-state index in [1.165, 1.54) is 5.56 Å². The van der Waals surface area contributed by atoms with Gasteiger partial charge in [-0.15, -0.1) is 0 Å². The zero-order chi connectivity index (χ0) is 22.1. The van der Waals surface area contributed by atoms with Crippen molar-refractivity contribution in [1.29, 1.82) is 0 Å². The molecule has 2 aromatic carbocycles. The second-order valence-electron chi connectivity index (χ2n) is 9.26. The number of nitrogens with zero attached hydrogens (tertiary/aromatic N) is 1. The first-order valence-corrected chi connectivity index (χ1v) is 11.7. The number of ether oxygens (including phenoxy) is 1. The predicted molar refractivity (Wildman–Crippen MR) is 125 cm³/mol. The van der Waals surface area contributed by atoms with E-state index < -0.39 is 5.92 Å². The Hall–Kier alpha value is -3.01. The molecule has 4 heteroatoms. The van der Waals surface area contributed by atoms with Gasteiger partial charge in [-0.3, -0.25) is 14.6 Å². The molecule has 1 fully saturated rings. The van der Waals surface area contributed by atoms with Crippen LogP contribution in [0.4, 0.5) is 0 Å². The molecule has 0 amide bonds. The van der Waals surface area contributed by atoms with Gasteiger partial charge in [-0.25, -0.2) is 0 Å². The van der Waals surface area contributed by atoms with Gasteiger partial charge in [0.2, 0.25) is 0 Å². The highest BCUT2D eigenvalue weighted by molar-refractivity contribution is 6.09. The molecule has 164 valence electrons. The van der Waals surface area contributed by atoms with Crippen molar-refractivity contribution < 1.29 is 14.3 Å². The van der Waals surface area contributed by atoms with Gasteiger partial charge in [0.25, 0.3) is 0 Å². The van der Waals surface area contributed by atoms with Crippen LogP contribution in [-0.2, 0) is 14.3 Å². The Balaban J connectivity index is 1.53. The minimum absolute atomic E-state index is 0.00776. The number of allylic oxidation sites excluding steroid dienone is 2. The lowest BCUT2D eigenvalue weighted by Gasteiger charge is -2.37. The lowest BCUT2D eigenvalue weighted by molar-refractivity contribution is -0.151. The van der Waals surface area contributed by atoms with Crippen LogP contribution in [0, 0.1) is 5.92 Å². The Morgan fingerprint density at radius 3 is 2.19 bits per heavy atom. The molecule has 4 nitrogen and oxygen atoms in total. The number of aliphatic imine (C=N–C) groups is 1. The minimum atomic E-state index is -0.547. The van der Waals surface area contributed by atoms with Crippen molar-refractivity contribution >= 4 is 17.5 Å². The molecular weight excluding hydrogens is 398 g/mol. The molecule has 0 bridgehead atoms. The molecule has 0 N–H and O–H groups in total. The van der Waals surface area contributed by atoms with Crippen LogP contribution in [-0.4, -0.2) is 23.6 Å². The van der Waals surface area contributed by atoms with Crippen LogP contribution in [0.3, 0.4) is 0 Å². The van der Waals surface area contributed by atoms with Crippen molar-refractivity contribution in [3.63, 3.8) is 0 Å². The van der Waals surface area contributed by atoms with Crippen LogP contribution in [0.15, 0.2) is 76.9 Å². The van der Waals surface area contributed by atoms with Gasteiger partial charge in [0, 0.05) is 29.3 Å². The average Bonchev–Trinajstić information content (AvgIpc) is 3.32. The SMILES string of the molecule is CC1=NC2=C(C(=O)C[C@@H](c3ccccc3)C2)[C@H](c2ccccc2)C1C(=O)OC1CCCC1. The summed E-state index contributed by atoms with van der Waals surface area (Å²) in [6.45, 7) is 1.91. The Kier molecular flexibility index (Phi) is 5.77. The van der Waals surface area contributed by atoms with E-state index in [0.29, 0.717) is 12.0 Å². The van der Waals surface area contributed by atoms with Crippen LogP contribution in [0.25, 0.3) is 0 Å². The first kappa shape index (κ1) is 20.9. The van der Waals surface area contributed by atoms with Crippen molar-refractivity contribution in [1.82, 2.24) is 0 Å². The van der Waals surface area contributed by atoms with Gasteiger partial charge in [-0.05, 0) is 56.1 Å². The predicted octanol–water partition coefficient (Wildman–Crippen LogP) is 5.75. The van der Waals surface area contributed by atoms with E-state index in [1.54, 1.807) is 0 Å². The summed E-state index contributed by atoms with van der Waals surface area (Å²) in [6.07, 6.45) is 5.22. The number of rotatable bonds is 4. The average molecular weight is 428 g/mol. The fourth-order valence-electron chi connectivity index (χ4n) is 5.59. The second-order valence-corrected chi connectivity index (χ2v) is 9.26. The summed E-state index contributed by atoms with van der Waals surface area (Å²) in [5.41, 5.74) is 4.45. The normalized spacial score (nSPS) is 26.0. The number of benzene rings is 2. The molecule has 0 saturated heterocycles. The number of Topliss-reactive ketones (excluding diaryl/α,β-unsaturated/α-hetero) is 1. The van der Waals surface area contributed by atoms with E-state index in [1.807, 2.05) is 55.5 Å². The Bertz CT molecular complexity index is 1060. The Morgan fingerprint density at radius 2 is 1.53 bits per heavy atom. The number of hydrogen-bond acceptors (Lipinski definition) is 4. The van der Waals surface area contributed by atoms with E-state index in [9.17, 15) is 9.59 Å². The minimum Gasteiger partial charge on any atom is -0.462 e. The van der Waals surface area contributed by atoms with E-state index in [2.05, 4.69) is 12.1 Å². The van der Waals surface area contributed by atoms with Crippen LogP contribution in [0.5, 0.6) is 0 Å². The van der Waals surface area contributed by atoms with Crippen molar-refractivity contribution in [2.75, 3.05) is 0 Å². The molecule has 1 aliphatic heterocycles. The molecule has 0 spiro atoms.